The van der Waals surface area contributed by atoms with E-state index < -0.39 is 11.0 Å². The molecule has 1 unspecified atom stereocenters. The van der Waals surface area contributed by atoms with Gasteiger partial charge in [-0.1, -0.05) is 6.07 Å². The van der Waals surface area contributed by atoms with Crippen molar-refractivity contribution in [3.05, 3.63) is 66.0 Å². The van der Waals surface area contributed by atoms with E-state index in [1.807, 2.05) is 36.4 Å². The molecule has 1 aliphatic rings. The van der Waals surface area contributed by atoms with Gasteiger partial charge in [0, 0.05) is 29.4 Å². The number of rotatable bonds is 6. The number of benzene rings is 2. The van der Waals surface area contributed by atoms with Gasteiger partial charge in [0.1, 0.15) is 28.9 Å². The lowest BCUT2D eigenvalue weighted by Crippen LogP contribution is -2.11. The van der Waals surface area contributed by atoms with E-state index in [9.17, 15) is 9.00 Å². The standard InChI is InChI=1S/C21H21N5O2S/c1-22-29(28)17-6-3-5-15(11-17)25-20-12-21(24-13-23-20)26-16-8-9-18-14(10-16)4-2-7-19(18)27/h3,5-6,8-13,22H,2,4,7H2,1H3,(H2,23,24,25,26). The number of anilines is 4. The molecule has 148 valence electrons. The number of fused-ring (bicyclic) bond motifs is 1. The van der Waals surface area contributed by atoms with E-state index in [-0.39, 0.29) is 5.78 Å². The molecule has 0 aliphatic heterocycles. The average Bonchev–Trinajstić information content (AvgIpc) is 2.74. The molecule has 3 N–H and O–H groups in total. The zero-order valence-electron chi connectivity index (χ0n) is 15.9. The van der Waals surface area contributed by atoms with Crippen LogP contribution in [0.25, 0.3) is 0 Å². The minimum Gasteiger partial charge on any atom is -0.340 e. The van der Waals surface area contributed by atoms with E-state index in [1.54, 1.807) is 19.2 Å². The quantitative estimate of drug-likeness (QED) is 0.576. The van der Waals surface area contributed by atoms with Crippen molar-refractivity contribution in [1.82, 2.24) is 14.7 Å². The maximum absolute atomic E-state index is 12.0. The predicted molar refractivity (Wildman–Crippen MR) is 114 cm³/mol. The maximum Gasteiger partial charge on any atom is 0.163 e. The number of aryl methyl sites for hydroxylation is 1. The molecule has 29 heavy (non-hydrogen) atoms. The van der Waals surface area contributed by atoms with Crippen molar-refractivity contribution in [2.45, 2.75) is 24.2 Å². The van der Waals surface area contributed by atoms with E-state index in [1.165, 1.54) is 6.33 Å². The highest BCUT2D eigenvalue weighted by atomic mass is 32.2. The first-order valence-electron chi connectivity index (χ1n) is 9.34. The number of aromatic nitrogens is 2. The van der Waals surface area contributed by atoms with Gasteiger partial charge in [0.15, 0.2) is 5.78 Å². The largest absolute Gasteiger partial charge is 0.340 e. The molecule has 0 saturated carbocycles. The zero-order valence-corrected chi connectivity index (χ0v) is 16.8. The fourth-order valence-electron chi connectivity index (χ4n) is 3.32. The number of carbonyl (C=O) groups excluding carboxylic acids is 1. The van der Waals surface area contributed by atoms with E-state index in [2.05, 4.69) is 25.3 Å². The number of hydrogen-bond donors (Lipinski definition) is 3. The van der Waals surface area contributed by atoms with Crippen molar-refractivity contribution in [2.75, 3.05) is 17.7 Å². The molecule has 1 atom stereocenters. The molecule has 1 aliphatic carbocycles. The normalized spacial score (nSPS) is 14.2. The summed E-state index contributed by atoms with van der Waals surface area (Å²) in [5.41, 5.74) is 3.57. The van der Waals surface area contributed by atoms with Gasteiger partial charge in [-0.2, -0.15) is 0 Å². The van der Waals surface area contributed by atoms with Crippen LogP contribution in [-0.4, -0.2) is 27.0 Å². The Morgan fingerprint density at radius 2 is 1.69 bits per heavy atom. The Bertz CT molecular complexity index is 1090. The van der Waals surface area contributed by atoms with Gasteiger partial charge in [-0.05, 0) is 61.9 Å². The summed E-state index contributed by atoms with van der Waals surface area (Å²) in [6.07, 6.45) is 3.91. The number of nitrogens with zero attached hydrogens (tertiary/aromatic N) is 2. The fourth-order valence-corrected chi connectivity index (χ4v) is 3.99. The molecule has 0 spiro atoms. The summed E-state index contributed by atoms with van der Waals surface area (Å²) in [4.78, 5) is 21.2. The molecule has 0 fully saturated rings. The molecular weight excluding hydrogens is 386 g/mol. The Kier molecular flexibility index (Phi) is 5.64. The van der Waals surface area contributed by atoms with Crippen LogP contribution in [0.5, 0.6) is 0 Å². The van der Waals surface area contributed by atoms with Crippen molar-refractivity contribution in [3.8, 4) is 0 Å². The molecular formula is C21H21N5O2S. The first-order valence-corrected chi connectivity index (χ1v) is 10.5. The Morgan fingerprint density at radius 1 is 0.931 bits per heavy atom. The number of hydrogen-bond acceptors (Lipinski definition) is 6. The predicted octanol–water partition coefficient (Wildman–Crippen LogP) is 3.72. The summed E-state index contributed by atoms with van der Waals surface area (Å²) in [6.45, 7) is 0. The SMILES string of the molecule is CNS(=O)c1cccc(Nc2cc(Nc3ccc4c(c3)CCCC4=O)ncn2)c1. The van der Waals surface area contributed by atoms with Crippen LogP contribution in [0.2, 0.25) is 0 Å². The molecule has 4 rings (SSSR count). The van der Waals surface area contributed by atoms with Gasteiger partial charge in [0.25, 0.3) is 0 Å². The van der Waals surface area contributed by atoms with Crippen LogP contribution in [0.1, 0.15) is 28.8 Å². The number of nitrogens with one attached hydrogen (secondary N) is 3. The summed E-state index contributed by atoms with van der Waals surface area (Å²) in [5, 5.41) is 6.48. The lowest BCUT2D eigenvalue weighted by molar-refractivity contribution is 0.0972. The molecule has 1 heterocycles. The fraction of sp³-hybridized carbons (Fsp3) is 0.190. The first kappa shape index (κ1) is 19.2. The average molecular weight is 407 g/mol. The Labute approximate surface area is 171 Å². The highest BCUT2D eigenvalue weighted by Crippen LogP contribution is 2.26. The summed E-state index contributed by atoms with van der Waals surface area (Å²) in [6, 6.07) is 14.9. The van der Waals surface area contributed by atoms with Crippen molar-refractivity contribution < 1.29 is 9.00 Å². The third kappa shape index (κ3) is 4.49. The Hall–Kier alpha value is -3.10. The highest BCUT2D eigenvalue weighted by molar-refractivity contribution is 7.83. The molecule has 2 aromatic carbocycles. The molecule has 0 saturated heterocycles. The molecule has 8 heteroatoms. The van der Waals surface area contributed by atoms with Crippen molar-refractivity contribution >= 4 is 39.8 Å². The van der Waals surface area contributed by atoms with Gasteiger partial charge < -0.3 is 10.6 Å². The number of ketones is 1. The van der Waals surface area contributed by atoms with Gasteiger partial charge in [-0.15, -0.1) is 0 Å². The molecule has 0 bridgehead atoms. The van der Waals surface area contributed by atoms with Crippen LogP contribution in [0, 0.1) is 0 Å². The van der Waals surface area contributed by atoms with Gasteiger partial charge >= 0.3 is 0 Å². The van der Waals surface area contributed by atoms with E-state index in [4.69, 9.17) is 0 Å². The Balaban J connectivity index is 1.51. The second-order valence-corrected chi connectivity index (χ2v) is 8.10. The van der Waals surface area contributed by atoms with E-state index >= 15 is 0 Å². The summed E-state index contributed by atoms with van der Waals surface area (Å²) in [7, 11) is 0.395. The summed E-state index contributed by atoms with van der Waals surface area (Å²) < 4.78 is 14.6. The third-order valence-corrected chi connectivity index (χ3v) is 5.75. The summed E-state index contributed by atoms with van der Waals surface area (Å²) in [5.74, 6) is 1.47. The van der Waals surface area contributed by atoms with Crippen molar-refractivity contribution in [2.24, 2.45) is 0 Å². The first-order chi connectivity index (χ1) is 14.1. The van der Waals surface area contributed by atoms with Crippen LogP contribution in [-0.2, 0) is 17.4 Å². The molecule has 3 aromatic rings. The van der Waals surface area contributed by atoms with Crippen molar-refractivity contribution in [3.63, 3.8) is 0 Å². The smallest absolute Gasteiger partial charge is 0.163 e. The molecule has 0 amide bonds. The van der Waals surface area contributed by atoms with Crippen LogP contribution < -0.4 is 15.4 Å². The molecule has 1 aromatic heterocycles. The number of carbonyl (C=O) groups is 1. The van der Waals surface area contributed by atoms with Crippen LogP contribution in [0.15, 0.2) is 59.8 Å². The second kappa shape index (κ2) is 8.50. The second-order valence-electron chi connectivity index (χ2n) is 6.69. The van der Waals surface area contributed by atoms with Gasteiger partial charge in [-0.3, -0.25) is 4.79 Å². The van der Waals surface area contributed by atoms with E-state index in [0.717, 1.165) is 35.3 Å². The topological polar surface area (TPSA) is 96.0 Å². The van der Waals surface area contributed by atoms with Gasteiger partial charge in [0.2, 0.25) is 0 Å². The lowest BCUT2D eigenvalue weighted by atomic mass is 9.90. The van der Waals surface area contributed by atoms with Crippen LogP contribution >= 0.6 is 0 Å². The monoisotopic (exact) mass is 407 g/mol. The zero-order chi connectivity index (χ0) is 20.2. The van der Waals surface area contributed by atoms with Gasteiger partial charge in [0.05, 0.1) is 4.90 Å². The van der Waals surface area contributed by atoms with Crippen molar-refractivity contribution in [1.29, 1.82) is 0 Å². The maximum atomic E-state index is 12.0. The van der Waals surface area contributed by atoms with Gasteiger partial charge in [-0.25, -0.2) is 18.9 Å². The highest BCUT2D eigenvalue weighted by Gasteiger charge is 2.17. The lowest BCUT2D eigenvalue weighted by Gasteiger charge is -2.16. The van der Waals surface area contributed by atoms with Crippen LogP contribution in [0.3, 0.4) is 0 Å². The number of Topliss-reactive ketones (excluding diaryl/α,β-unsaturated/α-hetero) is 1. The molecule has 0 radical (unpaired) electrons. The minimum atomic E-state index is -1.25. The minimum absolute atomic E-state index is 0.216. The third-order valence-electron chi connectivity index (χ3n) is 4.70. The Morgan fingerprint density at radius 3 is 2.45 bits per heavy atom. The van der Waals surface area contributed by atoms with Crippen LogP contribution in [0.4, 0.5) is 23.0 Å². The molecule has 7 nitrogen and oxygen atoms in total. The summed E-state index contributed by atoms with van der Waals surface area (Å²) >= 11 is 0. The van der Waals surface area contributed by atoms with E-state index in [0.29, 0.717) is 23.0 Å².